The van der Waals surface area contributed by atoms with Crippen LogP contribution < -0.4 is 0 Å². The second kappa shape index (κ2) is 5.16. The summed E-state index contributed by atoms with van der Waals surface area (Å²) in [6, 6.07) is 8.73. The van der Waals surface area contributed by atoms with Crippen LogP contribution in [0.15, 0.2) is 30.3 Å². The Morgan fingerprint density at radius 2 is 1.93 bits per heavy atom. The van der Waals surface area contributed by atoms with Crippen molar-refractivity contribution >= 4 is 5.57 Å². The van der Waals surface area contributed by atoms with Gasteiger partial charge in [-0.25, -0.2) is 0 Å². The molecule has 0 aromatic heterocycles. The lowest BCUT2D eigenvalue weighted by molar-refractivity contribution is 0.720. The average Bonchev–Trinajstić information content (AvgIpc) is 2.57. The fourth-order valence-corrected chi connectivity index (χ4v) is 2.30. The van der Waals surface area contributed by atoms with Crippen molar-refractivity contribution in [1.29, 1.82) is 0 Å². The Bertz CT molecular complexity index is 347. The van der Waals surface area contributed by atoms with E-state index < -0.39 is 0 Å². The Morgan fingerprint density at radius 3 is 2.80 bits per heavy atom. The van der Waals surface area contributed by atoms with Crippen LogP contribution in [0, 0.1) is 6.42 Å². The van der Waals surface area contributed by atoms with Crippen molar-refractivity contribution in [2.75, 3.05) is 0 Å². The first-order valence-corrected chi connectivity index (χ1v) is 5.99. The third-order valence-corrected chi connectivity index (χ3v) is 3.16. The summed E-state index contributed by atoms with van der Waals surface area (Å²) < 4.78 is 0. The number of hydrogen-bond donors (Lipinski definition) is 0. The number of allylic oxidation sites excluding steroid dienone is 2. The van der Waals surface area contributed by atoms with E-state index >= 15 is 0 Å². The lowest BCUT2D eigenvalue weighted by atomic mass is 9.95. The lowest BCUT2D eigenvalue weighted by Gasteiger charge is -2.10. The molecule has 0 bridgehead atoms. The molecule has 1 aromatic rings. The van der Waals surface area contributed by atoms with Gasteiger partial charge in [-0.1, -0.05) is 43.7 Å². The molecule has 1 aliphatic carbocycles. The minimum absolute atomic E-state index is 1.25. The molecule has 15 heavy (non-hydrogen) atoms. The smallest absolute Gasteiger partial charge is 0.0118 e. The average molecular weight is 199 g/mol. The molecule has 79 valence electrons. The molecule has 0 nitrogen and oxygen atoms in total. The molecular weight excluding hydrogens is 180 g/mol. The maximum absolute atomic E-state index is 2.44. The third kappa shape index (κ3) is 2.50. The standard InChI is InChI=1S/C15H19/c1-2-13-9-7-8-12-15(13)14-10-5-3-4-6-11-14/h2,7-10,12H,3-6,11H2,1H3. The van der Waals surface area contributed by atoms with Crippen LogP contribution in [0.25, 0.3) is 5.57 Å². The first-order valence-electron chi connectivity index (χ1n) is 5.99. The number of rotatable bonds is 2. The molecule has 0 saturated carbocycles. The molecule has 0 aliphatic heterocycles. The van der Waals surface area contributed by atoms with Crippen LogP contribution >= 0.6 is 0 Å². The Labute approximate surface area is 93.0 Å². The maximum Gasteiger partial charge on any atom is -0.0118 e. The molecule has 0 unspecified atom stereocenters. The summed E-state index contributed by atoms with van der Waals surface area (Å²) in [4.78, 5) is 0. The van der Waals surface area contributed by atoms with Gasteiger partial charge in [0.15, 0.2) is 0 Å². The van der Waals surface area contributed by atoms with Gasteiger partial charge in [-0.05, 0) is 48.8 Å². The van der Waals surface area contributed by atoms with Gasteiger partial charge < -0.3 is 0 Å². The van der Waals surface area contributed by atoms with Gasteiger partial charge in [0.25, 0.3) is 0 Å². The van der Waals surface area contributed by atoms with Gasteiger partial charge in [0.1, 0.15) is 0 Å². The topological polar surface area (TPSA) is 0 Å². The van der Waals surface area contributed by atoms with E-state index in [4.69, 9.17) is 0 Å². The zero-order chi connectivity index (χ0) is 10.5. The van der Waals surface area contributed by atoms with Gasteiger partial charge in [-0.2, -0.15) is 0 Å². The van der Waals surface area contributed by atoms with Crippen molar-refractivity contribution in [2.24, 2.45) is 0 Å². The van der Waals surface area contributed by atoms with E-state index in [0.29, 0.717) is 0 Å². The Kier molecular flexibility index (Phi) is 3.60. The minimum atomic E-state index is 1.25. The molecule has 1 aromatic carbocycles. The molecular formula is C15H19. The minimum Gasteiger partial charge on any atom is -0.0807 e. The van der Waals surface area contributed by atoms with Crippen molar-refractivity contribution in [3.05, 3.63) is 47.9 Å². The molecule has 0 atom stereocenters. The number of benzene rings is 1. The van der Waals surface area contributed by atoms with Crippen LogP contribution in [0.4, 0.5) is 0 Å². The van der Waals surface area contributed by atoms with E-state index in [2.05, 4.69) is 43.7 Å². The van der Waals surface area contributed by atoms with Gasteiger partial charge in [-0.15, -0.1) is 0 Å². The quantitative estimate of drug-likeness (QED) is 0.652. The summed E-state index contributed by atoms with van der Waals surface area (Å²) in [5, 5.41) is 0. The van der Waals surface area contributed by atoms with Crippen LogP contribution in [-0.4, -0.2) is 0 Å². The van der Waals surface area contributed by atoms with Crippen LogP contribution in [0.1, 0.15) is 50.2 Å². The molecule has 0 fully saturated rings. The van der Waals surface area contributed by atoms with E-state index in [1.807, 2.05) is 0 Å². The fraction of sp³-hybridized carbons (Fsp3) is 0.400. The van der Waals surface area contributed by atoms with Gasteiger partial charge in [0, 0.05) is 0 Å². The summed E-state index contributed by atoms with van der Waals surface area (Å²) >= 11 is 0. The highest BCUT2D eigenvalue weighted by molar-refractivity contribution is 5.69. The van der Waals surface area contributed by atoms with Crippen LogP contribution in [-0.2, 0) is 0 Å². The lowest BCUT2D eigenvalue weighted by Crippen LogP contribution is -1.90. The van der Waals surface area contributed by atoms with Gasteiger partial charge in [0.2, 0.25) is 0 Å². The second-order valence-corrected chi connectivity index (χ2v) is 4.20. The normalized spacial score (nSPS) is 17.0. The predicted octanol–water partition coefficient (Wildman–Crippen LogP) is 4.61. The molecule has 0 heterocycles. The molecule has 1 aliphatic rings. The van der Waals surface area contributed by atoms with E-state index in [-0.39, 0.29) is 0 Å². The van der Waals surface area contributed by atoms with Crippen LogP contribution in [0.5, 0.6) is 0 Å². The predicted molar refractivity (Wildman–Crippen MR) is 66.6 cm³/mol. The van der Waals surface area contributed by atoms with Crippen molar-refractivity contribution in [1.82, 2.24) is 0 Å². The zero-order valence-corrected chi connectivity index (χ0v) is 9.50. The summed E-state index contributed by atoms with van der Waals surface area (Å²) in [5.41, 5.74) is 4.38. The monoisotopic (exact) mass is 199 g/mol. The molecule has 2 rings (SSSR count). The SMILES string of the molecule is C[CH]c1ccccc1C1=CCCCCC1. The van der Waals surface area contributed by atoms with Crippen molar-refractivity contribution in [3.8, 4) is 0 Å². The van der Waals surface area contributed by atoms with Crippen molar-refractivity contribution in [3.63, 3.8) is 0 Å². The first kappa shape index (κ1) is 10.5. The molecule has 0 amide bonds. The van der Waals surface area contributed by atoms with E-state index in [1.165, 1.54) is 43.2 Å². The third-order valence-electron chi connectivity index (χ3n) is 3.16. The van der Waals surface area contributed by atoms with Crippen LogP contribution in [0.3, 0.4) is 0 Å². The van der Waals surface area contributed by atoms with Gasteiger partial charge in [-0.3, -0.25) is 0 Å². The summed E-state index contributed by atoms with van der Waals surface area (Å²) in [6.45, 7) is 2.12. The van der Waals surface area contributed by atoms with Gasteiger partial charge in [0.05, 0.1) is 0 Å². The van der Waals surface area contributed by atoms with E-state index in [0.717, 1.165) is 0 Å². The Balaban J connectivity index is 2.30. The Morgan fingerprint density at radius 1 is 1.07 bits per heavy atom. The summed E-state index contributed by atoms with van der Waals surface area (Å²) in [5.74, 6) is 0. The largest absolute Gasteiger partial charge is 0.0807 e. The highest BCUT2D eigenvalue weighted by atomic mass is 14.1. The van der Waals surface area contributed by atoms with E-state index in [9.17, 15) is 0 Å². The first-order chi connectivity index (χ1) is 7.42. The molecule has 0 N–H and O–H groups in total. The summed E-state index contributed by atoms with van der Waals surface area (Å²) in [6.07, 6.45) is 11.3. The van der Waals surface area contributed by atoms with E-state index in [1.54, 1.807) is 5.57 Å². The van der Waals surface area contributed by atoms with Gasteiger partial charge >= 0.3 is 0 Å². The molecule has 0 heteroatoms. The van der Waals surface area contributed by atoms with Crippen molar-refractivity contribution < 1.29 is 0 Å². The zero-order valence-electron chi connectivity index (χ0n) is 9.50. The molecule has 1 radical (unpaired) electrons. The number of hydrogen-bond acceptors (Lipinski definition) is 0. The highest BCUT2D eigenvalue weighted by Crippen LogP contribution is 2.28. The molecule has 0 spiro atoms. The fourth-order valence-electron chi connectivity index (χ4n) is 2.30. The van der Waals surface area contributed by atoms with Crippen LogP contribution in [0.2, 0.25) is 0 Å². The maximum atomic E-state index is 2.44. The molecule has 0 saturated heterocycles. The Hall–Kier alpha value is -1.04. The second-order valence-electron chi connectivity index (χ2n) is 4.20. The summed E-state index contributed by atoms with van der Waals surface area (Å²) in [7, 11) is 0. The highest BCUT2D eigenvalue weighted by Gasteiger charge is 2.08. The van der Waals surface area contributed by atoms with Crippen molar-refractivity contribution in [2.45, 2.75) is 39.0 Å².